The molecule has 102 valence electrons. The number of nitriles is 1. The van der Waals surface area contributed by atoms with Gasteiger partial charge in [0, 0.05) is 12.7 Å². The van der Waals surface area contributed by atoms with Crippen molar-refractivity contribution in [2.24, 2.45) is 0 Å². The highest BCUT2D eigenvalue weighted by molar-refractivity contribution is 7.17. The van der Waals surface area contributed by atoms with Gasteiger partial charge in [0.1, 0.15) is 10.9 Å². The van der Waals surface area contributed by atoms with E-state index in [0.717, 1.165) is 17.8 Å². The summed E-state index contributed by atoms with van der Waals surface area (Å²) in [6.07, 6.45) is 6.10. The summed E-state index contributed by atoms with van der Waals surface area (Å²) in [5.41, 5.74) is 8.00. The van der Waals surface area contributed by atoms with E-state index in [1.165, 1.54) is 36.2 Å². The van der Waals surface area contributed by atoms with E-state index in [9.17, 15) is 0 Å². The molecule has 3 N–H and O–H groups in total. The Morgan fingerprint density at radius 2 is 2.16 bits per heavy atom. The van der Waals surface area contributed by atoms with Crippen LogP contribution in [0.4, 0.5) is 10.7 Å². The Labute approximate surface area is 117 Å². The molecule has 2 atom stereocenters. The van der Waals surface area contributed by atoms with Crippen molar-refractivity contribution in [1.29, 1.82) is 5.26 Å². The lowest BCUT2D eigenvalue weighted by Gasteiger charge is -2.20. The van der Waals surface area contributed by atoms with Gasteiger partial charge < -0.3 is 15.8 Å². The number of methoxy groups -OCH3 is 1. The zero-order valence-electron chi connectivity index (χ0n) is 11.1. The van der Waals surface area contributed by atoms with Gasteiger partial charge in [-0.05, 0) is 38.0 Å². The van der Waals surface area contributed by atoms with Crippen LogP contribution in [0.15, 0.2) is 0 Å². The smallest absolute Gasteiger partial charge is 0.130 e. The Morgan fingerprint density at radius 3 is 2.79 bits per heavy atom. The van der Waals surface area contributed by atoms with E-state index in [2.05, 4.69) is 11.4 Å². The molecule has 2 saturated carbocycles. The molecule has 1 aromatic heterocycles. The predicted molar refractivity (Wildman–Crippen MR) is 77.5 cm³/mol. The molecule has 19 heavy (non-hydrogen) atoms. The second-order valence-electron chi connectivity index (χ2n) is 5.43. The van der Waals surface area contributed by atoms with Gasteiger partial charge >= 0.3 is 0 Å². The minimum absolute atomic E-state index is 0.279. The molecule has 0 radical (unpaired) electrons. The molecule has 4 nitrogen and oxygen atoms in total. The van der Waals surface area contributed by atoms with Crippen molar-refractivity contribution in [3.8, 4) is 6.07 Å². The summed E-state index contributed by atoms with van der Waals surface area (Å²) in [7, 11) is 1.77. The third-order valence-electron chi connectivity index (χ3n) is 4.14. The summed E-state index contributed by atoms with van der Waals surface area (Å²) >= 11 is 1.50. The van der Waals surface area contributed by atoms with Crippen LogP contribution < -0.4 is 11.1 Å². The maximum absolute atomic E-state index is 9.15. The zero-order chi connectivity index (χ0) is 13.4. The molecule has 0 aromatic carbocycles. The first-order chi connectivity index (χ1) is 9.24. The van der Waals surface area contributed by atoms with Gasteiger partial charge in [-0.25, -0.2) is 0 Å². The molecule has 5 heteroatoms. The van der Waals surface area contributed by atoms with Crippen LogP contribution in [0, 0.1) is 11.3 Å². The molecule has 1 aromatic rings. The zero-order valence-corrected chi connectivity index (χ0v) is 11.9. The number of nitrogens with one attached hydrogen (secondary N) is 1. The number of ether oxygens (including phenoxy) is 1. The van der Waals surface area contributed by atoms with Crippen LogP contribution in [0.25, 0.3) is 0 Å². The second kappa shape index (κ2) is 5.03. The molecule has 0 aliphatic heterocycles. The number of nitrogens with zero attached hydrogens (tertiary/aromatic N) is 1. The van der Waals surface area contributed by atoms with E-state index in [4.69, 9.17) is 15.7 Å². The van der Waals surface area contributed by atoms with Crippen LogP contribution in [-0.4, -0.2) is 19.3 Å². The molecule has 0 spiro atoms. The number of anilines is 2. The number of rotatable bonds is 4. The number of nitrogens with two attached hydrogens (primary N) is 1. The first-order valence-corrected chi connectivity index (χ1v) is 7.67. The van der Waals surface area contributed by atoms with Crippen molar-refractivity contribution >= 4 is 22.0 Å². The van der Waals surface area contributed by atoms with Crippen molar-refractivity contribution in [2.75, 3.05) is 18.2 Å². The van der Waals surface area contributed by atoms with E-state index in [1.807, 2.05) is 0 Å². The fourth-order valence-electron chi connectivity index (χ4n) is 2.97. The Bertz CT molecular complexity index is 515. The van der Waals surface area contributed by atoms with E-state index < -0.39 is 0 Å². The Balaban J connectivity index is 1.86. The van der Waals surface area contributed by atoms with E-state index >= 15 is 0 Å². The second-order valence-corrected chi connectivity index (χ2v) is 6.45. The quantitative estimate of drug-likeness (QED) is 0.887. The van der Waals surface area contributed by atoms with Crippen LogP contribution in [0.1, 0.15) is 48.5 Å². The van der Waals surface area contributed by atoms with Crippen LogP contribution in [0.5, 0.6) is 0 Å². The highest BCUT2D eigenvalue weighted by Gasteiger charge is 2.34. The summed E-state index contributed by atoms with van der Waals surface area (Å²) in [6.45, 7) is 0. The number of hydrogen-bond acceptors (Lipinski definition) is 5. The normalized spacial score (nSPS) is 26.3. The van der Waals surface area contributed by atoms with Gasteiger partial charge in [-0.1, -0.05) is 0 Å². The van der Waals surface area contributed by atoms with Crippen molar-refractivity contribution in [3.05, 3.63) is 10.4 Å². The van der Waals surface area contributed by atoms with Crippen LogP contribution in [0.3, 0.4) is 0 Å². The third kappa shape index (κ3) is 2.31. The van der Waals surface area contributed by atoms with Gasteiger partial charge in [0.2, 0.25) is 0 Å². The van der Waals surface area contributed by atoms with Crippen LogP contribution in [-0.2, 0) is 4.74 Å². The van der Waals surface area contributed by atoms with Crippen molar-refractivity contribution in [1.82, 2.24) is 0 Å². The van der Waals surface area contributed by atoms with Crippen LogP contribution in [0.2, 0.25) is 0 Å². The molecule has 0 amide bonds. The van der Waals surface area contributed by atoms with Crippen LogP contribution >= 0.6 is 11.3 Å². The fraction of sp³-hybridized carbons (Fsp3) is 0.643. The lowest BCUT2D eigenvalue weighted by atomic mass is 10.1. The van der Waals surface area contributed by atoms with Gasteiger partial charge in [0.15, 0.2) is 0 Å². The van der Waals surface area contributed by atoms with Crippen molar-refractivity contribution < 1.29 is 4.74 Å². The minimum Gasteiger partial charge on any atom is -0.397 e. The molecule has 2 fully saturated rings. The van der Waals surface area contributed by atoms with Gasteiger partial charge in [-0.2, -0.15) is 5.26 Å². The topological polar surface area (TPSA) is 71.1 Å². The number of thiophene rings is 1. The Kier molecular flexibility index (Phi) is 3.38. The molecule has 2 aliphatic carbocycles. The van der Waals surface area contributed by atoms with Gasteiger partial charge in [-0.15, -0.1) is 11.3 Å². The van der Waals surface area contributed by atoms with Gasteiger partial charge in [0.25, 0.3) is 0 Å². The first-order valence-electron chi connectivity index (χ1n) is 6.86. The van der Waals surface area contributed by atoms with Crippen molar-refractivity contribution in [2.45, 2.75) is 50.2 Å². The summed E-state index contributed by atoms with van der Waals surface area (Å²) < 4.78 is 5.52. The van der Waals surface area contributed by atoms with Gasteiger partial charge in [0.05, 0.1) is 22.8 Å². The Morgan fingerprint density at radius 1 is 1.37 bits per heavy atom. The van der Waals surface area contributed by atoms with Gasteiger partial charge in [-0.3, -0.25) is 0 Å². The third-order valence-corrected chi connectivity index (χ3v) is 5.20. The maximum Gasteiger partial charge on any atom is 0.130 e. The minimum atomic E-state index is 0.279. The highest BCUT2D eigenvalue weighted by Crippen LogP contribution is 2.51. The highest BCUT2D eigenvalue weighted by atomic mass is 32.1. The van der Waals surface area contributed by atoms with Crippen molar-refractivity contribution in [3.63, 3.8) is 0 Å². The fourth-order valence-corrected chi connectivity index (χ4v) is 4.03. The van der Waals surface area contributed by atoms with E-state index in [-0.39, 0.29) is 6.10 Å². The predicted octanol–water partition coefficient (Wildman–Crippen LogP) is 3.06. The summed E-state index contributed by atoms with van der Waals surface area (Å²) in [5.74, 6) is 0.559. The molecule has 2 unspecified atom stereocenters. The number of hydrogen-bond donors (Lipinski definition) is 2. The van der Waals surface area contributed by atoms with E-state index in [0.29, 0.717) is 22.5 Å². The molecule has 0 saturated heterocycles. The number of nitrogen functional groups attached to an aromatic ring is 1. The Hall–Kier alpha value is -1.25. The maximum atomic E-state index is 9.15. The lowest BCUT2D eigenvalue weighted by Crippen LogP contribution is -2.29. The lowest BCUT2D eigenvalue weighted by molar-refractivity contribution is 0.101. The molecule has 3 rings (SSSR count). The molecular formula is C14H19N3OS. The summed E-state index contributed by atoms with van der Waals surface area (Å²) in [4.78, 5) is 0.649. The van der Waals surface area contributed by atoms with E-state index in [1.54, 1.807) is 7.11 Å². The summed E-state index contributed by atoms with van der Waals surface area (Å²) in [5, 5.41) is 13.8. The monoisotopic (exact) mass is 277 g/mol. The average molecular weight is 277 g/mol. The molecule has 2 aliphatic rings. The molecule has 0 bridgehead atoms. The SMILES string of the molecule is COC1CCCC1Nc1sc(C#N)c(N)c1C1CC1. The summed E-state index contributed by atoms with van der Waals surface area (Å²) in [6, 6.07) is 2.56. The standard InChI is InChI=1S/C14H19N3OS/c1-18-10-4-2-3-9(10)17-14-12(8-5-6-8)13(16)11(7-15)19-14/h8-10,17H,2-6,16H2,1H3. The molecule has 1 heterocycles. The largest absolute Gasteiger partial charge is 0.397 e. The average Bonchev–Trinajstić information content (AvgIpc) is 3.06. The first kappa shape index (κ1) is 12.8. The molecular weight excluding hydrogens is 258 g/mol.